The number of Topliss-reactive ketones (excluding diaryl/α,β-unsaturated/α-hetero) is 3. The van der Waals surface area contributed by atoms with Crippen LogP contribution in [0.3, 0.4) is 0 Å². The van der Waals surface area contributed by atoms with Gasteiger partial charge in [-0.15, -0.1) is 0 Å². The van der Waals surface area contributed by atoms with Gasteiger partial charge >= 0.3 is 6.18 Å². The summed E-state index contributed by atoms with van der Waals surface area (Å²) in [5, 5.41) is 0. The molecule has 0 rings (SSSR count). The van der Waals surface area contributed by atoms with Crippen molar-refractivity contribution in [1.29, 1.82) is 0 Å². The van der Waals surface area contributed by atoms with Gasteiger partial charge in [-0.3, -0.25) is 9.59 Å². The molecule has 0 saturated carbocycles. The summed E-state index contributed by atoms with van der Waals surface area (Å²) in [6.45, 7) is 3.99. The monoisotopic (exact) mass is 212 g/mol. The molecule has 0 aliphatic carbocycles. The smallest absolute Gasteiger partial charge is 0.300 e. The van der Waals surface area contributed by atoms with Crippen LogP contribution in [-0.4, -0.2) is 23.5 Å². The molecule has 0 N–H and O–H groups in total. The molecule has 0 unspecified atom stereocenters. The number of halogens is 3. The quantitative estimate of drug-likeness (QED) is 0.654. The van der Waals surface area contributed by atoms with Gasteiger partial charge in [-0.05, 0) is 20.8 Å². The van der Waals surface area contributed by atoms with Crippen LogP contribution in [0, 0.1) is 0 Å². The lowest BCUT2D eigenvalue weighted by Crippen LogP contribution is -2.24. The third-order valence-corrected chi connectivity index (χ3v) is 0.726. The lowest BCUT2D eigenvalue weighted by Gasteiger charge is -2.00. The first-order valence-electron chi connectivity index (χ1n) is 3.64. The second kappa shape index (κ2) is 6.28. The molecule has 0 aromatic rings. The number of carbonyl (C=O) groups is 3. The van der Waals surface area contributed by atoms with E-state index in [1.807, 2.05) is 0 Å². The van der Waals surface area contributed by atoms with Crippen molar-refractivity contribution in [3.63, 3.8) is 0 Å². The zero-order chi connectivity index (χ0) is 11.9. The van der Waals surface area contributed by atoms with Crippen LogP contribution in [0.25, 0.3) is 0 Å². The second-order valence-corrected chi connectivity index (χ2v) is 2.71. The van der Waals surface area contributed by atoms with Gasteiger partial charge in [0.25, 0.3) is 0 Å². The Hall–Kier alpha value is -1.20. The fourth-order valence-corrected chi connectivity index (χ4v) is 0.326. The van der Waals surface area contributed by atoms with Crippen molar-refractivity contribution in [2.45, 2.75) is 33.4 Å². The van der Waals surface area contributed by atoms with E-state index >= 15 is 0 Å². The Balaban J connectivity index is 0. The molecule has 0 spiro atoms. The predicted octanol–water partition coefficient (Wildman–Crippen LogP) is 1.69. The number of alkyl halides is 3. The van der Waals surface area contributed by atoms with Gasteiger partial charge in [0.05, 0.1) is 6.42 Å². The average Bonchev–Trinajstić information content (AvgIpc) is 1.81. The zero-order valence-corrected chi connectivity index (χ0v) is 8.07. The van der Waals surface area contributed by atoms with Gasteiger partial charge in [-0.1, -0.05) is 0 Å². The van der Waals surface area contributed by atoms with Gasteiger partial charge in [0.1, 0.15) is 11.6 Å². The van der Waals surface area contributed by atoms with Crippen LogP contribution in [0.4, 0.5) is 13.2 Å². The van der Waals surface area contributed by atoms with E-state index in [1.54, 1.807) is 0 Å². The van der Waals surface area contributed by atoms with Crippen molar-refractivity contribution in [1.82, 2.24) is 0 Å². The fraction of sp³-hybridized carbons (Fsp3) is 0.625. The van der Waals surface area contributed by atoms with E-state index < -0.39 is 24.2 Å². The second-order valence-electron chi connectivity index (χ2n) is 2.71. The number of hydrogen-bond acceptors (Lipinski definition) is 3. The summed E-state index contributed by atoms with van der Waals surface area (Å²) in [6.07, 6.45) is -5.92. The Kier molecular flexibility index (Phi) is 6.86. The highest BCUT2D eigenvalue weighted by atomic mass is 19.4. The van der Waals surface area contributed by atoms with Crippen molar-refractivity contribution in [3.8, 4) is 0 Å². The minimum Gasteiger partial charge on any atom is -0.300 e. The van der Waals surface area contributed by atoms with Crippen LogP contribution in [0.1, 0.15) is 27.2 Å². The maximum Gasteiger partial charge on any atom is 0.450 e. The summed E-state index contributed by atoms with van der Waals surface area (Å²) < 4.78 is 33.9. The summed E-state index contributed by atoms with van der Waals surface area (Å²) in [4.78, 5) is 29.4. The summed E-state index contributed by atoms with van der Waals surface area (Å²) in [5.41, 5.74) is 0. The SMILES string of the molecule is CC(=O)CC(=O)C(F)(F)F.CC(C)=O. The predicted molar refractivity (Wildman–Crippen MR) is 42.7 cm³/mol. The highest BCUT2D eigenvalue weighted by Gasteiger charge is 2.38. The third-order valence-electron chi connectivity index (χ3n) is 0.726. The highest BCUT2D eigenvalue weighted by Crippen LogP contribution is 2.17. The van der Waals surface area contributed by atoms with Crippen LogP contribution in [0.5, 0.6) is 0 Å². The van der Waals surface area contributed by atoms with E-state index in [4.69, 9.17) is 0 Å². The van der Waals surface area contributed by atoms with Crippen LogP contribution in [-0.2, 0) is 14.4 Å². The lowest BCUT2D eigenvalue weighted by atomic mass is 10.2. The largest absolute Gasteiger partial charge is 0.450 e. The Morgan fingerprint density at radius 1 is 1.00 bits per heavy atom. The van der Waals surface area contributed by atoms with Crippen LogP contribution < -0.4 is 0 Å². The van der Waals surface area contributed by atoms with E-state index in [0.717, 1.165) is 6.92 Å². The molecule has 3 nitrogen and oxygen atoms in total. The molecule has 14 heavy (non-hydrogen) atoms. The normalized spacial score (nSPS) is 9.86. The number of hydrogen-bond donors (Lipinski definition) is 0. The Morgan fingerprint density at radius 3 is 1.36 bits per heavy atom. The number of carbonyl (C=O) groups excluding carboxylic acids is 3. The molecule has 0 radical (unpaired) electrons. The lowest BCUT2D eigenvalue weighted by molar-refractivity contribution is -0.171. The molecule has 82 valence electrons. The molecule has 0 aromatic carbocycles. The minimum atomic E-state index is -4.87. The standard InChI is InChI=1S/C5H5F3O2.C3H6O/c1-3(9)2-4(10)5(6,7)8;1-3(2)4/h2H2,1H3;1-2H3. The van der Waals surface area contributed by atoms with E-state index in [9.17, 15) is 27.6 Å². The first-order valence-corrected chi connectivity index (χ1v) is 3.64. The first kappa shape index (κ1) is 15.3. The number of ketones is 3. The number of rotatable bonds is 2. The maximum absolute atomic E-state index is 11.3. The molecule has 0 heterocycles. The molecule has 0 atom stereocenters. The topological polar surface area (TPSA) is 51.2 Å². The molecule has 0 fully saturated rings. The fourth-order valence-electron chi connectivity index (χ4n) is 0.326. The van der Waals surface area contributed by atoms with Crippen molar-refractivity contribution >= 4 is 17.3 Å². The summed E-state index contributed by atoms with van der Waals surface area (Å²) in [7, 11) is 0. The maximum atomic E-state index is 11.3. The zero-order valence-electron chi connectivity index (χ0n) is 8.07. The van der Waals surface area contributed by atoms with Crippen molar-refractivity contribution < 1.29 is 27.6 Å². The Bertz CT molecular complexity index is 226. The molecule has 0 amide bonds. The van der Waals surface area contributed by atoms with E-state index in [1.165, 1.54) is 13.8 Å². The molecule has 0 aliphatic heterocycles. The average molecular weight is 212 g/mol. The van der Waals surface area contributed by atoms with Gasteiger partial charge in [0.2, 0.25) is 5.78 Å². The molecule has 6 heteroatoms. The Morgan fingerprint density at radius 2 is 1.29 bits per heavy atom. The molecule has 0 bridgehead atoms. The van der Waals surface area contributed by atoms with Gasteiger partial charge in [-0.25, -0.2) is 0 Å². The molecular formula is C8H11F3O3. The first-order chi connectivity index (χ1) is 6.07. The molecule has 0 aromatic heterocycles. The summed E-state index contributed by atoms with van der Waals surface area (Å²) in [6, 6.07) is 0. The van der Waals surface area contributed by atoms with Crippen LogP contribution >= 0.6 is 0 Å². The van der Waals surface area contributed by atoms with Gasteiger partial charge in [-0.2, -0.15) is 13.2 Å². The van der Waals surface area contributed by atoms with Crippen molar-refractivity contribution in [2.75, 3.05) is 0 Å². The van der Waals surface area contributed by atoms with E-state index in [-0.39, 0.29) is 5.78 Å². The van der Waals surface area contributed by atoms with Crippen molar-refractivity contribution in [3.05, 3.63) is 0 Å². The van der Waals surface area contributed by atoms with Gasteiger partial charge in [0.15, 0.2) is 0 Å². The summed E-state index contributed by atoms with van der Waals surface area (Å²) >= 11 is 0. The van der Waals surface area contributed by atoms with Crippen LogP contribution in [0.2, 0.25) is 0 Å². The summed E-state index contributed by atoms with van der Waals surface area (Å²) in [5.74, 6) is -2.60. The van der Waals surface area contributed by atoms with E-state index in [2.05, 4.69) is 0 Å². The van der Waals surface area contributed by atoms with Crippen LogP contribution in [0.15, 0.2) is 0 Å². The molecule has 0 aliphatic rings. The van der Waals surface area contributed by atoms with Crippen molar-refractivity contribution in [2.24, 2.45) is 0 Å². The Labute approximate surface area is 79.3 Å². The molecule has 0 saturated heterocycles. The third kappa shape index (κ3) is 13.4. The minimum absolute atomic E-state index is 0.167. The van der Waals surface area contributed by atoms with Gasteiger partial charge in [0, 0.05) is 0 Å². The van der Waals surface area contributed by atoms with E-state index in [0.29, 0.717) is 0 Å². The molecular weight excluding hydrogens is 201 g/mol. The van der Waals surface area contributed by atoms with Gasteiger partial charge < -0.3 is 4.79 Å². The highest BCUT2D eigenvalue weighted by molar-refractivity contribution is 6.00.